The van der Waals surface area contributed by atoms with Crippen LogP contribution in [0.4, 0.5) is 0 Å². The molecule has 2 aromatic rings. The lowest BCUT2D eigenvalue weighted by molar-refractivity contribution is 0.317. The minimum absolute atomic E-state index is 0.507. The number of aromatic nitrogens is 3. The Balaban J connectivity index is 2.17. The van der Waals surface area contributed by atoms with Crippen LogP contribution in [0.3, 0.4) is 0 Å². The lowest BCUT2D eigenvalue weighted by Gasteiger charge is -2.04. The SMILES string of the molecule is CCCOc1cccc(/C=N/n2c(CCC)n[nH]c2=S)c1. The van der Waals surface area contributed by atoms with Gasteiger partial charge >= 0.3 is 0 Å². The molecule has 0 bridgehead atoms. The van der Waals surface area contributed by atoms with E-state index in [1.165, 1.54) is 0 Å². The number of aromatic amines is 1. The molecule has 0 aliphatic rings. The normalized spacial score (nSPS) is 11.1. The number of hydrogen-bond donors (Lipinski definition) is 1. The zero-order chi connectivity index (χ0) is 15.1. The molecule has 0 spiro atoms. The maximum Gasteiger partial charge on any atom is 0.216 e. The summed E-state index contributed by atoms with van der Waals surface area (Å²) in [5.41, 5.74) is 0.967. The lowest BCUT2D eigenvalue weighted by atomic mass is 10.2. The molecule has 1 aromatic heterocycles. The molecule has 1 N–H and O–H groups in total. The maximum atomic E-state index is 5.61. The topological polar surface area (TPSA) is 55.2 Å². The first kappa shape index (κ1) is 15.4. The molecule has 0 saturated heterocycles. The Hall–Kier alpha value is -1.95. The molecule has 0 atom stereocenters. The van der Waals surface area contributed by atoms with Gasteiger partial charge in [0.15, 0.2) is 5.82 Å². The van der Waals surface area contributed by atoms with Crippen molar-refractivity contribution in [3.63, 3.8) is 0 Å². The second kappa shape index (κ2) is 7.73. The Morgan fingerprint density at radius 1 is 1.38 bits per heavy atom. The Kier molecular flexibility index (Phi) is 5.68. The van der Waals surface area contributed by atoms with E-state index < -0.39 is 0 Å². The van der Waals surface area contributed by atoms with E-state index in [0.717, 1.165) is 36.4 Å². The Morgan fingerprint density at radius 2 is 2.24 bits per heavy atom. The zero-order valence-electron chi connectivity index (χ0n) is 12.4. The molecule has 5 nitrogen and oxygen atoms in total. The van der Waals surface area contributed by atoms with Gasteiger partial charge in [-0.15, -0.1) is 0 Å². The van der Waals surface area contributed by atoms with Crippen molar-refractivity contribution in [2.24, 2.45) is 5.10 Å². The van der Waals surface area contributed by atoms with Gasteiger partial charge in [0.1, 0.15) is 5.75 Å². The first-order valence-corrected chi connectivity index (χ1v) is 7.59. The summed E-state index contributed by atoms with van der Waals surface area (Å²) >= 11 is 5.19. The van der Waals surface area contributed by atoms with E-state index in [4.69, 9.17) is 17.0 Å². The Labute approximate surface area is 129 Å². The monoisotopic (exact) mass is 304 g/mol. The molecule has 112 valence electrons. The Morgan fingerprint density at radius 3 is 3.00 bits per heavy atom. The largest absolute Gasteiger partial charge is 0.494 e. The molecule has 0 saturated carbocycles. The maximum absolute atomic E-state index is 5.61. The minimum atomic E-state index is 0.507. The quantitative estimate of drug-likeness (QED) is 0.628. The summed E-state index contributed by atoms with van der Waals surface area (Å²) in [6, 6.07) is 7.83. The standard InChI is InChI=1S/C15H20N4OS/c1-3-6-14-17-18-15(21)19(14)16-11-12-7-5-8-13(10-12)20-9-4-2/h5,7-8,10-11H,3-4,6,9H2,1-2H3,(H,18,21)/b16-11+. The summed E-state index contributed by atoms with van der Waals surface area (Å²) in [7, 11) is 0. The highest BCUT2D eigenvalue weighted by molar-refractivity contribution is 7.71. The van der Waals surface area contributed by atoms with E-state index in [-0.39, 0.29) is 0 Å². The molecule has 21 heavy (non-hydrogen) atoms. The fourth-order valence-electron chi connectivity index (χ4n) is 1.86. The van der Waals surface area contributed by atoms with Crippen LogP contribution in [0.1, 0.15) is 38.1 Å². The average molecular weight is 304 g/mol. The van der Waals surface area contributed by atoms with Crippen molar-refractivity contribution in [1.82, 2.24) is 14.9 Å². The van der Waals surface area contributed by atoms with Crippen molar-refractivity contribution in [3.8, 4) is 5.75 Å². The summed E-state index contributed by atoms with van der Waals surface area (Å²) in [5.74, 6) is 1.70. The van der Waals surface area contributed by atoms with Gasteiger partial charge in [-0.3, -0.25) is 5.10 Å². The van der Waals surface area contributed by atoms with Crippen LogP contribution in [0.5, 0.6) is 5.75 Å². The molecule has 0 amide bonds. The summed E-state index contributed by atoms with van der Waals surface area (Å²) in [6.45, 7) is 4.90. The number of rotatable bonds is 7. The van der Waals surface area contributed by atoms with Crippen molar-refractivity contribution in [1.29, 1.82) is 0 Å². The highest BCUT2D eigenvalue weighted by Gasteiger charge is 2.03. The molecule has 0 aliphatic carbocycles. The predicted molar refractivity (Wildman–Crippen MR) is 86.6 cm³/mol. The van der Waals surface area contributed by atoms with E-state index in [0.29, 0.717) is 11.4 Å². The van der Waals surface area contributed by atoms with Gasteiger partial charge in [0, 0.05) is 6.42 Å². The van der Waals surface area contributed by atoms with E-state index in [1.54, 1.807) is 10.9 Å². The fraction of sp³-hybridized carbons (Fsp3) is 0.400. The van der Waals surface area contributed by atoms with E-state index in [2.05, 4.69) is 29.1 Å². The minimum Gasteiger partial charge on any atom is -0.494 e. The van der Waals surface area contributed by atoms with Crippen molar-refractivity contribution in [2.45, 2.75) is 33.1 Å². The third kappa shape index (κ3) is 4.26. The number of hydrogen-bond acceptors (Lipinski definition) is 4. The van der Waals surface area contributed by atoms with E-state index >= 15 is 0 Å². The van der Waals surface area contributed by atoms with Gasteiger partial charge in [0.05, 0.1) is 12.8 Å². The molecule has 6 heteroatoms. The molecule has 1 aromatic carbocycles. The number of H-pyrrole nitrogens is 1. The van der Waals surface area contributed by atoms with Crippen LogP contribution in [0.2, 0.25) is 0 Å². The summed E-state index contributed by atoms with van der Waals surface area (Å²) < 4.78 is 7.78. The number of aryl methyl sites for hydroxylation is 1. The van der Waals surface area contributed by atoms with Crippen LogP contribution in [-0.2, 0) is 6.42 Å². The second-order valence-electron chi connectivity index (χ2n) is 4.67. The molecular weight excluding hydrogens is 284 g/mol. The third-order valence-electron chi connectivity index (χ3n) is 2.84. The first-order valence-electron chi connectivity index (χ1n) is 7.18. The number of benzene rings is 1. The van der Waals surface area contributed by atoms with Crippen molar-refractivity contribution >= 4 is 18.4 Å². The van der Waals surface area contributed by atoms with Gasteiger partial charge < -0.3 is 4.74 Å². The highest BCUT2D eigenvalue weighted by atomic mass is 32.1. The molecule has 0 aliphatic heterocycles. The van der Waals surface area contributed by atoms with Gasteiger partial charge in [0.25, 0.3) is 0 Å². The van der Waals surface area contributed by atoms with Gasteiger partial charge in [-0.2, -0.15) is 14.9 Å². The molecular formula is C15H20N4OS. The highest BCUT2D eigenvalue weighted by Crippen LogP contribution is 2.12. The van der Waals surface area contributed by atoms with E-state index in [1.807, 2.05) is 24.3 Å². The van der Waals surface area contributed by atoms with Crippen LogP contribution in [-0.4, -0.2) is 27.7 Å². The van der Waals surface area contributed by atoms with Gasteiger partial charge in [-0.1, -0.05) is 26.0 Å². The van der Waals surface area contributed by atoms with Crippen LogP contribution in [0.25, 0.3) is 0 Å². The second-order valence-corrected chi connectivity index (χ2v) is 5.06. The first-order chi connectivity index (χ1) is 10.2. The van der Waals surface area contributed by atoms with Crippen LogP contribution >= 0.6 is 12.2 Å². The van der Waals surface area contributed by atoms with Crippen molar-refractivity contribution in [3.05, 3.63) is 40.4 Å². The van der Waals surface area contributed by atoms with Crippen LogP contribution in [0.15, 0.2) is 29.4 Å². The number of ether oxygens (including phenoxy) is 1. The fourth-order valence-corrected chi connectivity index (χ4v) is 2.06. The number of nitrogens with zero attached hydrogens (tertiary/aromatic N) is 3. The number of nitrogens with one attached hydrogen (secondary N) is 1. The molecule has 0 radical (unpaired) electrons. The summed E-state index contributed by atoms with van der Waals surface area (Å²) in [6.07, 6.45) is 4.59. The molecule has 0 unspecified atom stereocenters. The van der Waals surface area contributed by atoms with Crippen molar-refractivity contribution < 1.29 is 4.74 Å². The summed E-state index contributed by atoms with van der Waals surface area (Å²) in [5, 5.41) is 11.4. The van der Waals surface area contributed by atoms with Gasteiger partial charge in [-0.25, -0.2) is 0 Å². The van der Waals surface area contributed by atoms with Gasteiger partial charge in [-0.05, 0) is 42.8 Å². The molecule has 2 rings (SSSR count). The molecule has 1 heterocycles. The zero-order valence-corrected chi connectivity index (χ0v) is 13.2. The van der Waals surface area contributed by atoms with Crippen LogP contribution < -0.4 is 4.74 Å². The van der Waals surface area contributed by atoms with E-state index in [9.17, 15) is 0 Å². The average Bonchev–Trinajstić information content (AvgIpc) is 2.84. The third-order valence-corrected chi connectivity index (χ3v) is 3.11. The van der Waals surface area contributed by atoms with Gasteiger partial charge in [0.2, 0.25) is 4.77 Å². The lowest BCUT2D eigenvalue weighted by Crippen LogP contribution is -1.99. The Bertz CT molecular complexity index is 660. The predicted octanol–water partition coefficient (Wildman–Crippen LogP) is 3.56. The smallest absolute Gasteiger partial charge is 0.216 e. The summed E-state index contributed by atoms with van der Waals surface area (Å²) in [4.78, 5) is 0. The van der Waals surface area contributed by atoms with Crippen molar-refractivity contribution in [2.75, 3.05) is 6.61 Å². The van der Waals surface area contributed by atoms with Crippen LogP contribution in [0, 0.1) is 4.77 Å². The molecule has 0 fully saturated rings.